The number of guanidine groups is 1. The molecule has 2 aliphatic rings. The van der Waals surface area contributed by atoms with Crippen molar-refractivity contribution in [2.75, 3.05) is 54.6 Å². The Kier molecular flexibility index (Phi) is 8.40. The minimum atomic E-state index is 0.379. The maximum Gasteiger partial charge on any atom is 0.191 e. The van der Waals surface area contributed by atoms with E-state index >= 15 is 0 Å². The Morgan fingerprint density at radius 2 is 1.93 bits per heavy atom. The zero-order chi connectivity index (χ0) is 21.4. The molecule has 1 aromatic rings. The summed E-state index contributed by atoms with van der Waals surface area (Å²) in [5.74, 6) is 2.37. The van der Waals surface area contributed by atoms with Crippen LogP contribution in [0.3, 0.4) is 0 Å². The number of likely N-dealkylation sites (tertiary alicyclic amines) is 1. The Balaban J connectivity index is 1.57. The Morgan fingerprint density at radius 3 is 2.53 bits per heavy atom. The van der Waals surface area contributed by atoms with Crippen molar-refractivity contribution in [3.05, 3.63) is 29.8 Å². The van der Waals surface area contributed by atoms with Crippen LogP contribution in [0.15, 0.2) is 29.3 Å². The average molecular weight is 417 g/mol. The van der Waals surface area contributed by atoms with Crippen molar-refractivity contribution < 1.29 is 9.47 Å². The SMILES string of the molecule is CN=C(NCC1CCCN(C)C1c1ccc(OC)cc1)NCC1(CCOC)CCC1. The van der Waals surface area contributed by atoms with Gasteiger partial charge in [-0.25, -0.2) is 0 Å². The molecule has 6 nitrogen and oxygen atoms in total. The molecule has 168 valence electrons. The third-order valence-electron chi connectivity index (χ3n) is 7.10. The third kappa shape index (κ3) is 5.67. The average Bonchev–Trinajstić information content (AvgIpc) is 2.75. The van der Waals surface area contributed by atoms with Gasteiger partial charge in [0.2, 0.25) is 0 Å². The summed E-state index contributed by atoms with van der Waals surface area (Å²) in [6.45, 7) is 3.88. The molecule has 1 saturated carbocycles. The van der Waals surface area contributed by atoms with Gasteiger partial charge in [-0.05, 0) is 74.7 Å². The van der Waals surface area contributed by atoms with Gasteiger partial charge in [0.15, 0.2) is 5.96 Å². The maximum atomic E-state index is 5.34. The van der Waals surface area contributed by atoms with Crippen molar-refractivity contribution in [1.82, 2.24) is 15.5 Å². The summed E-state index contributed by atoms with van der Waals surface area (Å²) in [6, 6.07) is 8.97. The Morgan fingerprint density at radius 1 is 1.17 bits per heavy atom. The van der Waals surface area contributed by atoms with E-state index in [4.69, 9.17) is 9.47 Å². The molecule has 1 saturated heterocycles. The lowest BCUT2D eigenvalue weighted by molar-refractivity contribution is 0.0731. The molecule has 0 spiro atoms. The predicted octanol–water partition coefficient (Wildman–Crippen LogP) is 3.45. The molecule has 0 aromatic heterocycles. The first-order chi connectivity index (χ1) is 14.6. The van der Waals surface area contributed by atoms with Crippen LogP contribution in [0.25, 0.3) is 0 Å². The minimum Gasteiger partial charge on any atom is -0.497 e. The molecule has 6 heteroatoms. The fourth-order valence-corrected chi connectivity index (χ4v) is 5.03. The lowest BCUT2D eigenvalue weighted by Crippen LogP contribution is -2.49. The Bertz CT molecular complexity index is 672. The Hall–Kier alpha value is -1.79. The summed E-state index contributed by atoms with van der Waals surface area (Å²) >= 11 is 0. The lowest BCUT2D eigenvalue weighted by Gasteiger charge is -2.42. The molecule has 2 atom stereocenters. The van der Waals surface area contributed by atoms with Gasteiger partial charge in [0.25, 0.3) is 0 Å². The molecule has 3 rings (SSSR count). The second-order valence-electron chi connectivity index (χ2n) is 9.00. The second kappa shape index (κ2) is 11.0. The minimum absolute atomic E-state index is 0.379. The number of ether oxygens (including phenoxy) is 2. The highest BCUT2D eigenvalue weighted by molar-refractivity contribution is 5.79. The van der Waals surface area contributed by atoms with Gasteiger partial charge >= 0.3 is 0 Å². The van der Waals surface area contributed by atoms with Crippen LogP contribution < -0.4 is 15.4 Å². The van der Waals surface area contributed by atoms with Crippen molar-refractivity contribution >= 4 is 5.96 Å². The number of hydrogen-bond donors (Lipinski definition) is 2. The largest absolute Gasteiger partial charge is 0.497 e. The van der Waals surface area contributed by atoms with E-state index < -0.39 is 0 Å². The molecule has 1 heterocycles. The van der Waals surface area contributed by atoms with Crippen LogP contribution in [-0.4, -0.2) is 65.4 Å². The molecule has 0 bridgehead atoms. The zero-order valence-electron chi connectivity index (χ0n) is 19.2. The van der Waals surface area contributed by atoms with E-state index in [0.717, 1.165) is 44.4 Å². The van der Waals surface area contributed by atoms with E-state index in [-0.39, 0.29) is 0 Å². The van der Waals surface area contributed by atoms with E-state index in [0.29, 0.717) is 17.4 Å². The number of methoxy groups -OCH3 is 2. The number of hydrogen-bond acceptors (Lipinski definition) is 4. The first-order valence-corrected chi connectivity index (χ1v) is 11.4. The van der Waals surface area contributed by atoms with E-state index in [2.05, 4.69) is 51.8 Å². The summed E-state index contributed by atoms with van der Waals surface area (Å²) < 4.78 is 10.7. The molecule has 0 amide bonds. The van der Waals surface area contributed by atoms with Crippen molar-refractivity contribution in [2.24, 2.45) is 16.3 Å². The van der Waals surface area contributed by atoms with Gasteiger partial charge in [0.1, 0.15) is 5.75 Å². The summed E-state index contributed by atoms with van der Waals surface area (Å²) in [5, 5.41) is 7.21. The molecular formula is C24H40N4O2. The van der Waals surface area contributed by atoms with Gasteiger partial charge in [0, 0.05) is 39.9 Å². The number of nitrogens with one attached hydrogen (secondary N) is 2. The second-order valence-corrected chi connectivity index (χ2v) is 9.00. The molecule has 30 heavy (non-hydrogen) atoms. The molecule has 1 aliphatic carbocycles. The van der Waals surface area contributed by atoms with Gasteiger partial charge in [-0.15, -0.1) is 0 Å². The smallest absolute Gasteiger partial charge is 0.191 e. The van der Waals surface area contributed by atoms with E-state index in [1.807, 2.05) is 7.05 Å². The summed E-state index contributed by atoms with van der Waals surface area (Å²) in [7, 11) is 7.62. The molecule has 2 N–H and O–H groups in total. The number of aliphatic imine (C=N–C) groups is 1. The van der Waals surface area contributed by atoms with Crippen LogP contribution in [0.2, 0.25) is 0 Å². The first kappa shape index (κ1) is 22.9. The van der Waals surface area contributed by atoms with Crippen LogP contribution >= 0.6 is 0 Å². The molecule has 2 fully saturated rings. The highest BCUT2D eigenvalue weighted by Crippen LogP contribution is 2.43. The van der Waals surface area contributed by atoms with Crippen LogP contribution in [0.1, 0.15) is 50.1 Å². The topological polar surface area (TPSA) is 58.1 Å². The van der Waals surface area contributed by atoms with Gasteiger partial charge in [-0.1, -0.05) is 18.6 Å². The van der Waals surface area contributed by atoms with Crippen LogP contribution in [0, 0.1) is 11.3 Å². The van der Waals surface area contributed by atoms with Crippen molar-refractivity contribution in [1.29, 1.82) is 0 Å². The van der Waals surface area contributed by atoms with E-state index in [9.17, 15) is 0 Å². The van der Waals surface area contributed by atoms with Gasteiger partial charge < -0.3 is 20.1 Å². The molecule has 1 aromatic carbocycles. The van der Waals surface area contributed by atoms with Crippen molar-refractivity contribution in [3.63, 3.8) is 0 Å². The summed E-state index contributed by atoms with van der Waals surface area (Å²) in [5.41, 5.74) is 1.74. The van der Waals surface area contributed by atoms with Gasteiger partial charge in [-0.2, -0.15) is 0 Å². The summed E-state index contributed by atoms with van der Waals surface area (Å²) in [6.07, 6.45) is 7.49. The number of benzene rings is 1. The van der Waals surface area contributed by atoms with E-state index in [1.165, 1.54) is 37.7 Å². The maximum absolute atomic E-state index is 5.34. The number of piperidine rings is 1. The van der Waals surface area contributed by atoms with Crippen molar-refractivity contribution in [3.8, 4) is 5.75 Å². The quantitative estimate of drug-likeness (QED) is 0.477. The fourth-order valence-electron chi connectivity index (χ4n) is 5.03. The predicted molar refractivity (Wildman–Crippen MR) is 123 cm³/mol. The summed E-state index contributed by atoms with van der Waals surface area (Å²) in [4.78, 5) is 6.97. The molecule has 0 radical (unpaired) electrons. The lowest BCUT2D eigenvalue weighted by atomic mass is 9.67. The van der Waals surface area contributed by atoms with Crippen molar-refractivity contribution in [2.45, 2.75) is 44.6 Å². The third-order valence-corrected chi connectivity index (χ3v) is 7.10. The molecule has 2 unspecified atom stereocenters. The highest BCUT2D eigenvalue weighted by atomic mass is 16.5. The van der Waals surface area contributed by atoms with Gasteiger partial charge in [-0.3, -0.25) is 9.89 Å². The standard InChI is InChI=1S/C24H40N4O2/c1-25-23(27-18-24(12-6-13-24)14-16-29-3)26-17-20-7-5-15-28(2)22(20)19-8-10-21(30-4)11-9-19/h8-11,20,22H,5-7,12-18H2,1-4H3,(H2,25,26,27). The first-order valence-electron chi connectivity index (χ1n) is 11.4. The molecule has 1 aliphatic heterocycles. The molecular weight excluding hydrogens is 376 g/mol. The van der Waals surface area contributed by atoms with Crippen LogP contribution in [0.5, 0.6) is 5.75 Å². The van der Waals surface area contributed by atoms with Gasteiger partial charge in [0.05, 0.1) is 7.11 Å². The Labute approximate surface area is 182 Å². The zero-order valence-corrected chi connectivity index (χ0v) is 19.2. The fraction of sp³-hybridized carbons (Fsp3) is 0.708. The highest BCUT2D eigenvalue weighted by Gasteiger charge is 2.36. The van der Waals surface area contributed by atoms with Crippen LogP contribution in [0.4, 0.5) is 0 Å². The normalized spacial score (nSPS) is 24.2. The van der Waals surface area contributed by atoms with Crippen LogP contribution in [-0.2, 0) is 4.74 Å². The van der Waals surface area contributed by atoms with E-state index in [1.54, 1.807) is 14.2 Å². The monoisotopic (exact) mass is 416 g/mol. The number of rotatable bonds is 9. The number of nitrogens with zero attached hydrogens (tertiary/aromatic N) is 2.